The minimum absolute atomic E-state index is 0.00459. The normalized spacial score (nSPS) is 26.3. The Hall–Kier alpha value is -3.86. The number of alkyl halides is 1. The van der Waals surface area contributed by atoms with Crippen molar-refractivity contribution in [1.29, 1.82) is 0 Å². The van der Waals surface area contributed by atoms with Crippen molar-refractivity contribution < 1.29 is 27.8 Å². The number of aromatic hydroxyl groups is 1. The first-order chi connectivity index (χ1) is 20.3. The van der Waals surface area contributed by atoms with Crippen molar-refractivity contribution in [3.63, 3.8) is 0 Å². The third kappa shape index (κ3) is 3.75. The van der Waals surface area contributed by atoms with E-state index in [9.17, 15) is 13.9 Å². The molecular formula is C31H30F3N5O3. The van der Waals surface area contributed by atoms with Crippen LogP contribution in [-0.2, 0) is 6.42 Å². The smallest absolute Gasteiger partial charge is 0.319 e. The SMILES string of the molecule is CCc1c(F)ccc2cc(O)cc(-c3nc4c5c(nc(OC[C@@]67CCCN6C[C@H](F)C7)nc5c3F)N(C)C3CC3O4)c12. The van der Waals surface area contributed by atoms with E-state index in [-0.39, 0.29) is 53.2 Å². The molecule has 0 amide bonds. The fraction of sp³-hybridized carbons (Fsp3) is 0.452. The second-order valence-electron chi connectivity index (χ2n) is 12.0. The van der Waals surface area contributed by atoms with Crippen LogP contribution in [0, 0.1) is 11.6 Å². The van der Waals surface area contributed by atoms with E-state index in [0.29, 0.717) is 46.9 Å². The van der Waals surface area contributed by atoms with E-state index in [2.05, 4.69) is 14.9 Å². The van der Waals surface area contributed by atoms with E-state index in [0.717, 1.165) is 25.8 Å². The Morgan fingerprint density at radius 2 is 2.02 bits per heavy atom. The molecule has 3 aliphatic heterocycles. The molecule has 11 heteroatoms. The van der Waals surface area contributed by atoms with E-state index in [4.69, 9.17) is 14.5 Å². The second kappa shape index (κ2) is 9.07. The molecule has 1 aliphatic carbocycles. The number of aryl methyl sites for hydroxylation is 1. The Morgan fingerprint density at radius 1 is 1.17 bits per heavy atom. The maximum Gasteiger partial charge on any atom is 0.319 e. The largest absolute Gasteiger partial charge is 0.508 e. The fourth-order valence-corrected chi connectivity index (χ4v) is 7.36. The zero-order valence-corrected chi connectivity index (χ0v) is 23.3. The van der Waals surface area contributed by atoms with Gasteiger partial charge in [-0.25, -0.2) is 18.2 Å². The van der Waals surface area contributed by atoms with Crippen LogP contribution in [0.1, 0.15) is 38.2 Å². The van der Waals surface area contributed by atoms with Gasteiger partial charge in [-0.05, 0) is 60.3 Å². The number of ether oxygens (including phenoxy) is 2. The molecule has 4 aliphatic rings. The summed E-state index contributed by atoms with van der Waals surface area (Å²) >= 11 is 0. The number of phenolic OH excluding ortho intramolecular Hbond substituents is 1. The molecule has 5 heterocycles. The van der Waals surface area contributed by atoms with Crippen LogP contribution >= 0.6 is 0 Å². The van der Waals surface area contributed by atoms with Crippen LogP contribution in [0.3, 0.4) is 0 Å². The van der Waals surface area contributed by atoms with Crippen LogP contribution < -0.4 is 14.4 Å². The van der Waals surface area contributed by atoms with E-state index in [1.165, 1.54) is 18.2 Å². The number of phenols is 1. The molecule has 42 heavy (non-hydrogen) atoms. The Morgan fingerprint density at radius 3 is 2.86 bits per heavy atom. The Bertz CT molecular complexity index is 1790. The summed E-state index contributed by atoms with van der Waals surface area (Å²) < 4.78 is 58.4. The molecule has 2 aromatic heterocycles. The zero-order chi connectivity index (χ0) is 28.9. The Kier molecular flexibility index (Phi) is 5.57. The molecule has 2 saturated heterocycles. The maximum atomic E-state index is 16.7. The lowest BCUT2D eigenvalue weighted by Gasteiger charge is -2.31. The van der Waals surface area contributed by atoms with Gasteiger partial charge in [-0.3, -0.25) is 4.90 Å². The molecule has 8 rings (SSSR count). The molecule has 0 radical (unpaired) electrons. The highest BCUT2D eigenvalue weighted by Crippen LogP contribution is 2.47. The molecule has 8 nitrogen and oxygen atoms in total. The molecule has 0 bridgehead atoms. The first-order valence-electron chi connectivity index (χ1n) is 14.5. The Balaban J connectivity index is 1.32. The first kappa shape index (κ1) is 25.8. The number of pyridine rings is 1. The van der Waals surface area contributed by atoms with E-state index in [1.54, 1.807) is 6.07 Å². The maximum absolute atomic E-state index is 16.7. The molecule has 1 N–H and O–H groups in total. The van der Waals surface area contributed by atoms with Crippen LogP contribution in [0.4, 0.5) is 19.0 Å². The highest BCUT2D eigenvalue weighted by Gasteiger charge is 2.50. The van der Waals surface area contributed by atoms with Gasteiger partial charge in [-0.2, -0.15) is 9.97 Å². The molecule has 218 valence electrons. The molecule has 0 spiro atoms. The second-order valence-corrected chi connectivity index (χ2v) is 12.0. The summed E-state index contributed by atoms with van der Waals surface area (Å²) in [5, 5.41) is 11.9. The van der Waals surface area contributed by atoms with Crippen LogP contribution in [0.2, 0.25) is 0 Å². The van der Waals surface area contributed by atoms with E-state index < -0.39 is 23.3 Å². The van der Waals surface area contributed by atoms with E-state index >= 15 is 4.39 Å². The molecule has 4 atom stereocenters. The van der Waals surface area contributed by atoms with Crippen LogP contribution in [0.15, 0.2) is 24.3 Å². The number of halogens is 3. The molecular weight excluding hydrogens is 547 g/mol. The lowest BCUT2D eigenvalue weighted by atomic mass is 9.94. The van der Waals surface area contributed by atoms with Gasteiger partial charge in [0.05, 0.1) is 11.6 Å². The summed E-state index contributed by atoms with van der Waals surface area (Å²) in [4.78, 5) is 17.9. The van der Waals surface area contributed by atoms with Gasteiger partial charge >= 0.3 is 6.01 Å². The molecule has 1 saturated carbocycles. The number of hydrogen-bond donors (Lipinski definition) is 1. The van der Waals surface area contributed by atoms with Crippen LogP contribution in [0.25, 0.3) is 32.9 Å². The lowest BCUT2D eigenvalue weighted by Crippen LogP contribution is -2.43. The number of anilines is 1. The summed E-state index contributed by atoms with van der Waals surface area (Å²) in [7, 11) is 1.88. The van der Waals surface area contributed by atoms with Gasteiger partial charge in [0.25, 0.3) is 0 Å². The number of nitrogens with zero attached hydrogens (tertiary/aromatic N) is 5. The minimum Gasteiger partial charge on any atom is -0.508 e. The third-order valence-electron chi connectivity index (χ3n) is 9.50. The summed E-state index contributed by atoms with van der Waals surface area (Å²) in [5.74, 6) is -0.639. The summed E-state index contributed by atoms with van der Waals surface area (Å²) in [6.07, 6.45) is 2.22. The summed E-state index contributed by atoms with van der Waals surface area (Å²) in [6.45, 7) is 3.24. The van der Waals surface area contributed by atoms with Crippen molar-refractivity contribution >= 4 is 27.5 Å². The third-order valence-corrected chi connectivity index (χ3v) is 9.50. The number of hydrogen-bond acceptors (Lipinski definition) is 8. The number of fused-ring (bicyclic) bond motifs is 3. The van der Waals surface area contributed by atoms with Crippen LogP contribution in [-0.4, -0.2) is 75.6 Å². The van der Waals surface area contributed by atoms with Gasteiger partial charge in [-0.15, -0.1) is 0 Å². The summed E-state index contributed by atoms with van der Waals surface area (Å²) in [5.41, 5.74) is 0.0791. The predicted molar refractivity (Wildman–Crippen MR) is 151 cm³/mol. The predicted octanol–water partition coefficient (Wildman–Crippen LogP) is 5.32. The average Bonchev–Trinajstić information content (AvgIpc) is 3.55. The van der Waals surface area contributed by atoms with Crippen molar-refractivity contribution in [2.45, 2.75) is 62.9 Å². The van der Waals surface area contributed by atoms with Gasteiger partial charge in [-0.1, -0.05) is 13.0 Å². The fourth-order valence-electron chi connectivity index (χ4n) is 7.36. The minimum atomic E-state index is -0.908. The van der Waals surface area contributed by atoms with Gasteiger partial charge in [0.2, 0.25) is 5.88 Å². The van der Waals surface area contributed by atoms with Gasteiger partial charge in [0, 0.05) is 32.0 Å². The monoisotopic (exact) mass is 577 g/mol. The van der Waals surface area contributed by atoms with Gasteiger partial charge in [0.1, 0.15) is 52.9 Å². The molecule has 2 unspecified atom stereocenters. The number of aromatic nitrogens is 3. The standard InChI is InChI=1S/C31H30F3N5O3/c1-3-18-20(33)6-5-15-9-17(40)10-19(23(15)18)26-25(34)27-24-28(38(2)21-11-22(21)42-29(24)35-26)37-30(36-27)41-14-31-7-4-8-39(31)13-16(32)12-31/h5-6,9-10,16,21-22,40H,3-4,7-8,11-14H2,1-2H3/t16-,21?,22?,31+/m1/s1. The quantitative estimate of drug-likeness (QED) is 0.342. The van der Waals surface area contributed by atoms with Gasteiger partial charge < -0.3 is 19.5 Å². The number of benzene rings is 2. The van der Waals surface area contributed by atoms with Crippen LogP contribution in [0.5, 0.6) is 17.6 Å². The zero-order valence-electron chi connectivity index (χ0n) is 23.3. The average molecular weight is 578 g/mol. The molecule has 3 fully saturated rings. The first-order valence-corrected chi connectivity index (χ1v) is 14.5. The number of rotatable bonds is 5. The van der Waals surface area contributed by atoms with E-state index in [1.807, 2.05) is 18.9 Å². The van der Waals surface area contributed by atoms with Crippen molar-refractivity contribution in [3.8, 4) is 28.9 Å². The van der Waals surface area contributed by atoms with Gasteiger partial charge in [0.15, 0.2) is 5.82 Å². The van der Waals surface area contributed by atoms with Crippen molar-refractivity contribution in [3.05, 3.63) is 41.5 Å². The van der Waals surface area contributed by atoms with Crippen molar-refractivity contribution in [1.82, 2.24) is 19.9 Å². The highest BCUT2D eigenvalue weighted by molar-refractivity contribution is 6.03. The van der Waals surface area contributed by atoms with Crippen molar-refractivity contribution in [2.24, 2.45) is 0 Å². The summed E-state index contributed by atoms with van der Waals surface area (Å²) in [6, 6.07) is 5.85. The molecule has 2 aromatic carbocycles. The molecule has 4 aromatic rings. The highest BCUT2D eigenvalue weighted by atomic mass is 19.1. The number of likely N-dealkylation sites (N-methyl/N-ethyl adjacent to an activating group) is 1. The Labute approximate surface area is 240 Å². The lowest BCUT2D eigenvalue weighted by molar-refractivity contribution is 0.107. The topological polar surface area (TPSA) is 83.8 Å². The van der Waals surface area contributed by atoms with Crippen molar-refractivity contribution in [2.75, 3.05) is 31.6 Å².